The molecule has 0 unspecified atom stereocenters. The minimum Gasteiger partial charge on any atom is -0.385 e. The molecule has 2 heterocycles. The third-order valence-electron chi connectivity index (χ3n) is 4.53. The molecule has 7 heteroatoms. The van der Waals surface area contributed by atoms with Gasteiger partial charge in [0.25, 0.3) is 0 Å². The monoisotopic (exact) mass is 384 g/mol. The van der Waals surface area contributed by atoms with Crippen molar-refractivity contribution >= 4 is 17.3 Å². The summed E-state index contributed by atoms with van der Waals surface area (Å²) in [5.41, 5.74) is 1.78. The summed E-state index contributed by atoms with van der Waals surface area (Å²) in [5.74, 6) is 1.22. The molecule has 1 aromatic carbocycles. The van der Waals surface area contributed by atoms with Crippen LogP contribution in [0.1, 0.15) is 18.4 Å². The van der Waals surface area contributed by atoms with Crippen LogP contribution < -0.4 is 10.6 Å². The molecule has 1 aliphatic rings. The van der Waals surface area contributed by atoms with E-state index in [0.29, 0.717) is 11.7 Å². The lowest BCUT2D eigenvalue weighted by Crippen LogP contribution is -2.07. The topological polar surface area (TPSA) is 49.8 Å². The molecule has 1 saturated carbocycles. The van der Waals surface area contributed by atoms with Gasteiger partial charge in [0.05, 0.1) is 11.3 Å². The summed E-state index contributed by atoms with van der Waals surface area (Å²) in [6.07, 6.45) is -0.833. The standard InChI is InChI=1S/C21H19F3N4/c22-21(23,24)16-8-9-25-19(10-16)28-20-12-17(26-13-14-6-7-14)11-18(27-20)15-4-2-1-3-5-15/h1-5,8-12,14H,6-7,13H2,(H2,25,26,27,28). The molecule has 0 spiro atoms. The molecule has 3 aromatic rings. The first-order chi connectivity index (χ1) is 13.5. The smallest absolute Gasteiger partial charge is 0.385 e. The highest BCUT2D eigenvalue weighted by Crippen LogP contribution is 2.32. The van der Waals surface area contributed by atoms with Crippen molar-refractivity contribution in [3.63, 3.8) is 0 Å². The summed E-state index contributed by atoms with van der Waals surface area (Å²) < 4.78 is 38.9. The van der Waals surface area contributed by atoms with Crippen LogP contribution in [0.25, 0.3) is 11.3 Å². The molecule has 0 atom stereocenters. The summed E-state index contributed by atoms with van der Waals surface area (Å²) in [6, 6.07) is 15.3. The Balaban J connectivity index is 1.64. The van der Waals surface area contributed by atoms with Gasteiger partial charge in [0.2, 0.25) is 0 Å². The second-order valence-corrected chi connectivity index (χ2v) is 6.87. The van der Waals surface area contributed by atoms with Crippen molar-refractivity contribution in [2.24, 2.45) is 5.92 Å². The lowest BCUT2D eigenvalue weighted by Gasteiger charge is -2.13. The van der Waals surface area contributed by atoms with Crippen molar-refractivity contribution in [2.45, 2.75) is 19.0 Å². The van der Waals surface area contributed by atoms with Crippen LogP contribution in [0.2, 0.25) is 0 Å². The Morgan fingerprint density at radius 1 is 0.964 bits per heavy atom. The Hall–Kier alpha value is -3.09. The first kappa shape index (κ1) is 18.3. The van der Waals surface area contributed by atoms with Crippen LogP contribution in [0, 0.1) is 5.92 Å². The van der Waals surface area contributed by atoms with E-state index < -0.39 is 11.7 Å². The van der Waals surface area contributed by atoms with E-state index in [1.54, 1.807) is 6.07 Å². The Kier molecular flexibility index (Phi) is 4.90. The van der Waals surface area contributed by atoms with Crippen molar-refractivity contribution in [3.8, 4) is 11.3 Å². The maximum absolute atomic E-state index is 13.0. The van der Waals surface area contributed by atoms with Crippen LogP contribution in [0.15, 0.2) is 60.8 Å². The zero-order chi connectivity index (χ0) is 19.6. The van der Waals surface area contributed by atoms with Gasteiger partial charge in [0, 0.05) is 30.1 Å². The number of benzene rings is 1. The minimum absolute atomic E-state index is 0.0979. The lowest BCUT2D eigenvalue weighted by atomic mass is 10.1. The molecule has 0 amide bonds. The summed E-state index contributed by atoms with van der Waals surface area (Å²) in [5, 5.41) is 6.31. The Labute approximate surface area is 160 Å². The SMILES string of the molecule is FC(F)(F)c1ccnc(Nc2cc(NCC3CC3)cc(-c3ccccc3)n2)c1. The number of alkyl halides is 3. The molecule has 1 fully saturated rings. The van der Waals surface area contributed by atoms with Crippen molar-refractivity contribution in [3.05, 3.63) is 66.4 Å². The number of nitrogens with zero attached hydrogens (tertiary/aromatic N) is 2. The first-order valence-corrected chi connectivity index (χ1v) is 9.09. The third kappa shape index (κ3) is 4.60. The van der Waals surface area contributed by atoms with E-state index in [1.807, 2.05) is 36.4 Å². The highest BCUT2D eigenvalue weighted by Gasteiger charge is 2.30. The van der Waals surface area contributed by atoms with Gasteiger partial charge in [-0.1, -0.05) is 30.3 Å². The Morgan fingerprint density at radius 2 is 1.75 bits per heavy atom. The molecular weight excluding hydrogens is 365 g/mol. The van der Waals surface area contributed by atoms with Crippen molar-refractivity contribution in [1.29, 1.82) is 0 Å². The van der Waals surface area contributed by atoms with Crippen LogP contribution in [0.3, 0.4) is 0 Å². The third-order valence-corrected chi connectivity index (χ3v) is 4.53. The minimum atomic E-state index is -4.42. The number of pyridine rings is 2. The molecule has 2 N–H and O–H groups in total. The predicted octanol–water partition coefficient (Wildman–Crippen LogP) is 5.73. The first-order valence-electron chi connectivity index (χ1n) is 9.09. The van der Waals surface area contributed by atoms with E-state index in [9.17, 15) is 13.2 Å². The largest absolute Gasteiger partial charge is 0.416 e. The van der Waals surface area contributed by atoms with E-state index in [-0.39, 0.29) is 5.82 Å². The Morgan fingerprint density at radius 3 is 2.46 bits per heavy atom. The zero-order valence-electron chi connectivity index (χ0n) is 15.0. The second kappa shape index (κ2) is 7.50. The lowest BCUT2D eigenvalue weighted by molar-refractivity contribution is -0.137. The quantitative estimate of drug-likeness (QED) is 0.570. The van der Waals surface area contributed by atoms with Gasteiger partial charge < -0.3 is 10.6 Å². The Bertz CT molecular complexity index is 953. The molecule has 2 aromatic heterocycles. The highest BCUT2D eigenvalue weighted by molar-refractivity contribution is 5.69. The van der Waals surface area contributed by atoms with Crippen LogP contribution in [-0.2, 0) is 6.18 Å². The van der Waals surface area contributed by atoms with E-state index in [0.717, 1.165) is 41.8 Å². The van der Waals surface area contributed by atoms with Crippen LogP contribution in [0.5, 0.6) is 0 Å². The molecule has 0 aliphatic heterocycles. The van der Waals surface area contributed by atoms with Gasteiger partial charge in [-0.05, 0) is 37.0 Å². The van der Waals surface area contributed by atoms with Crippen molar-refractivity contribution in [1.82, 2.24) is 9.97 Å². The van der Waals surface area contributed by atoms with Gasteiger partial charge in [-0.2, -0.15) is 13.2 Å². The predicted molar refractivity (Wildman–Crippen MR) is 103 cm³/mol. The average molecular weight is 384 g/mol. The van der Waals surface area contributed by atoms with E-state index >= 15 is 0 Å². The highest BCUT2D eigenvalue weighted by atomic mass is 19.4. The van der Waals surface area contributed by atoms with Gasteiger partial charge in [0.1, 0.15) is 11.6 Å². The normalized spacial score (nSPS) is 14.0. The summed E-state index contributed by atoms with van der Waals surface area (Å²) in [6.45, 7) is 0.874. The zero-order valence-corrected chi connectivity index (χ0v) is 15.0. The van der Waals surface area contributed by atoms with Gasteiger partial charge in [0.15, 0.2) is 0 Å². The van der Waals surface area contributed by atoms with Crippen LogP contribution in [0.4, 0.5) is 30.5 Å². The summed E-state index contributed by atoms with van der Waals surface area (Å²) in [4.78, 5) is 8.55. The fourth-order valence-electron chi connectivity index (χ4n) is 2.84. The number of halogens is 3. The fraction of sp³-hybridized carbons (Fsp3) is 0.238. The van der Waals surface area contributed by atoms with Crippen molar-refractivity contribution < 1.29 is 13.2 Å². The molecule has 0 saturated heterocycles. The van der Waals surface area contributed by atoms with Gasteiger partial charge in [-0.3, -0.25) is 0 Å². The molecule has 4 rings (SSSR count). The van der Waals surface area contributed by atoms with Gasteiger partial charge >= 0.3 is 6.18 Å². The second-order valence-electron chi connectivity index (χ2n) is 6.87. The summed E-state index contributed by atoms with van der Waals surface area (Å²) in [7, 11) is 0. The maximum Gasteiger partial charge on any atom is 0.416 e. The molecule has 28 heavy (non-hydrogen) atoms. The molecule has 4 nitrogen and oxygen atoms in total. The van der Waals surface area contributed by atoms with E-state index in [4.69, 9.17) is 0 Å². The maximum atomic E-state index is 13.0. The van der Waals surface area contributed by atoms with E-state index in [2.05, 4.69) is 20.6 Å². The number of nitrogens with one attached hydrogen (secondary N) is 2. The van der Waals surface area contributed by atoms with E-state index in [1.165, 1.54) is 12.8 Å². The molecular formula is C21H19F3N4. The van der Waals surface area contributed by atoms with Crippen LogP contribution >= 0.6 is 0 Å². The number of rotatable bonds is 6. The molecule has 0 bridgehead atoms. The van der Waals surface area contributed by atoms with Gasteiger partial charge in [-0.15, -0.1) is 0 Å². The number of anilines is 3. The molecule has 144 valence electrons. The van der Waals surface area contributed by atoms with Crippen LogP contribution in [-0.4, -0.2) is 16.5 Å². The number of aromatic nitrogens is 2. The van der Waals surface area contributed by atoms with Gasteiger partial charge in [-0.25, -0.2) is 9.97 Å². The summed E-state index contributed by atoms with van der Waals surface area (Å²) >= 11 is 0. The molecule has 0 radical (unpaired) electrons. The molecule has 1 aliphatic carbocycles. The fourth-order valence-corrected chi connectivity index (χ4v) is 2.84. The number of hydrogen-bond acceptors (Lipinski definition) is 4. The average Bonchev–Trinajstić information content (AvgIpc) is 3.51. The van der Waals surface area contributed by atoms with Crippen molar-refractivity contribution in [2.75, 3.05) is 17.2 Å². The number of hydrogen-bond donors (Lipinski definition) is 2.